The fraction of sp³-hybridized carbons (Fsp3) is 0.309. The van der Waals surface area contributed by atoms with Crippen LogP contribution < -0.4 is 25.5 Å². The van der Waals surface area contributed by atoms with E-state index in [1.807, 2.05) is 0 Å². The number of hydrogen-bond acceptors (Lipinski definition) is 3. The molecule has 0 radical (unpaired) electrons. The van der Waals surface area contributed by atoms with Crippen LogP contribution in [0.15, 0.2) is 121 Å². The van der Waals surface area contributed by atoms with E-state index in [9.17, 15) is 0 Å². The van der Waals surface area contributed by atoms with Gasteiger partial charge in [-0.1, -0.05) is 148 Å². The Bertz CT molecular complexity index is 2830. The molecular formula is C55H57BN2S. The Morgan fingerprint density at radius 3 is 1.92 bits per heavy atom. The monoisotopic (exact) mass is 788 g/mol. The molecule has 296 valence electrons. The number of aryl methyl sites for hydroxylation is 1. The van der Waals surface area contributed by atoms with Gasteiger partial charge in [0.1, 0.15) is 0 Å². The van der Waals surface area contributed by atoms with Crippen molar-refractivity contribution in [2.24, 2.45) is 0 Å². The number of fused-ring (bicyclic) bond motifs is 7. The van der Waals surface area contributed by atoms with Gasteiger partial charge in [0.15, 0.2) is 0 Å². The molecular weight excluding hydrogens is 731 g/mol. The second-order valence-electron chi connectivity index (χ2n) is 21.0. The highest BCUT2D eigenvalue weighted by atomic mass is 32.1. The first-order valence-corrected chi connectivity index (χ1v) is 22.5. The number of para-hydroxylation sites is 1. The molecule has 10 rings (SSSR count). The molecule has 2 nitrogen and oxygen atoms in total. The Kier molecular flexibility index (Phi) is 8.39. The van der Waals surface area contributed by atoms with Crippen LogP contribution in [0, 0.1) is 6.92 Å². The SMILES string of the molecule is Cc1cc2c3c(c1)N(c1ccc(C(C)(C)C)cc1)c1c(sc4c1C(C)(C)CCC4(C)C)B3c1ccc(C(C)(C)C)cc1N2c1ccccc1-c1ccc2ccccc2c1. The Morgan fingerprint density at radius 1 is 0.576 bits per heavy atom. The van der Waals surface area contributed by atoms with E-state index < -0.39 is 0 Å². The lowest BCUT2D eigenvalue weighted by Gasteiger charge is -2.46. The summed E-state index contributed by atoms with van der Waals surface area (Å²) in [5.41, 5.74) is 18.7. The minimum Gasteiger partial charge on any atom is -0.311 e. The third-order valence-electron chi connectivity index (χ3n) is 13.8. The number of rotatable bonds is 3. The quantitative estimate of drug-likeness (QED) is 0.165. The van der Waals surface area contributed by atoms with Crippen molar-refractivity contribution in [1.82, 2.24) is 0 Å². The zero-order valence-electron chi connectivity index (χ0n) is 36.8. The lowest BCUT2D eigenvalue weighted by atomic mass is 9.36. The summed E-state index contributed by atoms with van der Waals surface area (Å²) in [7, 11) is 0. The maximum Gasteiger partial charge on any atom is 0.264 e. The van der Waals surface area contributed by atoms with E-state index in [2.05, 4.69) is 219 Å². The number of benzene rings is 6. The van der Waals surface area contributed by atoms with Crippen LogP contribution in [0.25, 0.3) is 21.9 Å². The maximum atomic E-state index is 2.69. The Morgan fingerprint density at radius 2 is 1.20 bits per heavy atom. The molecule has 2 aliphatic heterocycles. The van der Waals surface area contributed by atoms with Gasteiger partial charge in [0.05, 0.1) is 11.4 Å². The molecule has 6 aromatic carbocycles. The van der Waals surface area contributed by atoms with Crippen molar-refractivity contribution >= 4 is 78.6 Å². The number of thiophene rings is 1. The average Bonchev–Trinajstić information content (AvgIpc) is 3.62. The van der Waals surface area contributed by atoms with E-state index in [4.69, 9.17) is 0 Å². The van der Waals surface area contributed by atoms with Crippen LogP contribution >= 0.6 is 11.3 Å². The molecule has 4 heteroatoms. The van der Waals surface area contributed by atoms with Crippen LogP contribution in [-0.2, 0) is 21.7 Å². The van der Waals surface area contributed by atoms with Crippen LogP contribution in [0.1, 0.15) is 109 Å². The van der Waals surface area contributed by atoms with Gasteiger partial charge in [-0.3, -0.25) is 0 Å². The normalized spacial score (nSPS) is 16.4. The largest absolute Gasteiger partial charge is 0.311 e. The number of hydrogen-bond donors (Lipinski definition) is 0. The molecule has 1 aromatic heterocycles. The van der Waals surface area contributed by atoms with Crippen molar-refractivity contribution in [2.45, 2.75) is 111 Å². The van der Waals surface area contributed by atoms with Crippen molar-refractivity contribution in [3.8, 4) is 11.1 Å². The van der Waals surface area contributed by atoms with E-state index in [0.717, 1.165) is 0 Å². The summed E-state index contributed by atoms with van der Waals surface area (Å²) in [6.07, 6.45) is 2.37. The van der Waals surface area contributed by atoms with Crippen LogP contribution in [0.2, 0.25) is 0 Å². The second-order valence-corrected chi connectivity index (χ2v) is 22.1. The van der Waals surface area contributed by atoms with Gasteiger partial charge in [0.25, 0.3) is 6.71 Å². The molecule has 3 aliphatic rings. The predicted molar refractivity (Wildman–Crippen MR) is 259 cm³/mol. The van der Waals surface area contributed by atoms with Crippen molar-refractivity contribution < 1.29 is 0 Å². The highest BCUT2D eigenvalue weighted by Gasteiger charge is 2.51. The highest BCUT2D eigenvalue weighted by molar-refractivity contribution is 7.29. The minimum atomic E-state index is -0.0135. The molecule has 3 heterocycles. The molecule has 59 heavy (non-hydrogen) atoms. The number of anilines is 6. The fourth-order valence-electron chi connectivity index (χ4n) is 10.3. The Hall–Kier alpha value is -5.06. The lowest BCUT2D eigenvalue weighted by molar-refractivity contribution is 0.339. The molecule has 0 saturated carbocycles. The topological polar surface area (TPSA) is 6.48 Å². The van der Waals surface area contributed by atoms with E-state index >= 15 is 0 Å². The van der Waals surface area contributed by atoms with E-state index in [0.29, 0.717) is 0 Å². The summed E-state index contributed by atoms with van der Waals surface area (Å²) < 4.78 is 1.49. The summed E-state index contributed by atoms with van der Waals surface area (Å²) in [5.74, 6) is 0. The summed E-state index contributed by atoms with van der Waals surface area (Å²) in [4.78, 5) is 6.88. The zero-order valence-corrected chi connectivity index (χ0v) is 37.7. The third-order valence-corrected chi connectivity index (χ3v) is 15.4. The molecule has 0 saturated heterocycles. The number of nitrogens with zero attached hydrogens (tertiary/aromatic N) is 2. The molecule has 0 bridgehead atoms. The molecule has 0 unspecified atom stereocenters. The first-order valence-electron chi connectivity index (χ1n) is 21.7. The summed E-state index contributed by atoms with van der Waals surface area (Å²) >= 11 is 2.11. The zero-order chi connectivity index (χ0) is 41.4. The van der Waals surface area contributed by atoms with Gasteiger partial charge in [-0.15, -0.1) is 0 Å². The Balaban J connectivity index is 1.31. The molecule has 0 spiro atoms. The minimum absolute atomic E-state index is 0.0135. The van der Waals surface area contributed by atoms with Crippen LogP contribution in [0.4, 0.5) is 34.1 Å². The predicted octanol–water partition coefficient (Wildman–Crippen LogP) is 13.9. The first kappa shape index (κ1) is 38.2. The molecule has 7 aromatic rings. The van der Waals surface area contributed by atoms with E-state index in [1.54, 1.807) is 10.4 Å². The van der Waals surface area contributed by atoms with Crippen LogP contribution in [0.5, 0.6) is 0 Å². The standard InChI is InChI=1S/C55H57BN2S/c1-34-30-45-48-46(31-34)58(43-19-15-14-18-41(43)37-21-20-35-16-12-13-17-36(35)32-37)44-33-39(53(5,6)7)24-27-42(44)56(48)51-49(47-50(59-51)55(10,11)29-28-54(47,8)9)57(45)40-25-22-38(23-26-40)52(2,3)4/h12-27,30-33H,28-29H2,1-11H3. The van der Waals surface area contributed by atoms with Crippen LogP contribution in [-0.4, -0.2) is 6.71 Å². The van der Waals surface area contributed by atoms with Gasteiger partial charge in [-0.05, 0) is 133 Å². The summed E-state index contributed by atoms with van der Waals surface area (Å²) in [5, 5.41) is 2.52. The second kappa shape index (κ2) is 13.0. The lowest BCUT2D eigenvalue weighted by Crippen LogP contribution is -2.60. The summed E-state index contributed by atoms with van der Waals surface area (Å²) in [6.45, 7) is 26.4. The van der Waals surface area contributed by atoms with Gasteiger partial charge in [-0.2, -0.15) is 11.3 Å². The molecule has 1 aliphatic carbocycles. The third kappa shape index (κ3) is 5.95. The van der Waals surface area contributed by atoms with Crippen molar-refractivity contribution in [2.75, 3.05) is 9.80 Å². The van der Waals surface area contributed by atoms with Gasteiger partial charge in [-0.25, -0.2) is 0 Å². The van der Waals surface area contributed by atoms with Crippen LogP contribution in [0.3, 0.4) is 0 Å². The Labute approximate surface area is 357 Å². The average molecular weight is 789 g/mol. The highest BCUT2D eigenvalue weighted by Crippen LogP contribution is 2.56. The van der Waals surface area contributed by atoms with E-state index in [-0.39, 0.29) is 28.4 Å². The van der Waals surface area contributed by atoms with Gasteiger partial charge < -0.3 is 9.80 Å². The van der Waals surface area contributed by atoms with Crippen molar-refractivity contribution in [3.05, 3.63) is 148 Å². The molecule has 0 atom stereocenters. The molecule has 0 fully saturated rings. The smallest absolute Gasteiger partial charge is 0.264 e. The van der Waals surface area contributed by atoms with E-state index in [1.165, 1.54) is 101 Å². The maximum absolute atomic E-state index is 2.69. The first-order chi connectivity index (χ1) is 27.9. The molecule has 0 amide bonds. The molecule has 0 N–H and O–H groups in total. The van der Waals surface area contributed by atoms with Gasteiger partial charge in [0, 0.05) is 38.0 Å². The fourth-order valence-corrected chi connectivity index (χ4v) is 12.0. The van der Waals surface area contributed by atoms with Crippen molar-refractivity contribution in [1.29, 1.82) is 0 Å². The summed E-state index contributed by atoms with van der Waals surface area (Å²) in [6, 6.07) is 46.7. The van der Waals surface area contributed by atoms with Crippen molar-refractivity contribution in [3.63, 3.8) is 0 Å². The van der Waals surface area contributed by atoms with Gasteiger partial charge in [0.2, 0.25) is 0 Å². The van der Waals surface area contributed by atoms with Gasteiger partial charge >= 0.3 is 0 Å².